The molecule has 0 fully saturated rings. The van der Waals surface area contributed by atoms with Gasteiger partial charge in [-0.2, -0.15) is 0 Å². The van der Waals surface area contributed by atoms with E-state index in [0.29, 0.717) is 22.6 Å². The van der Waals surface area contributed by atoms with Gasteiger partial charge in [-0.3, -0.25) is 0 Å². The first-order chi connectivity index (χ1) is 14.1. The number of carbonyl (C=O) groups excluding carboxylic acids is 1. The first-order valence-electron chi connectivity index (χ1n) is 9.18. The van der Waals surface area contributed by atoms with Crippen LogP contribution in [0.4, 0.5) is 0 Å². The number of hydrogen-bond donors (Lipinski definition) is 0. The van der Waals surface area contributed by atoms with Gasteiger partial charge in [0, 0.05) is 11.1 Å². The van der Waals surface area contributed by atoms with Gasteiger partial charge in [-0.1, -0.05) is 11.8 Å². The van der Waals surface area contributed by atoms with Crippen LogP contribution in [0.15, 0.2) is 52.9 Å². The molecule has 2 aromatic carbocycles. The molecule has 0 aliphatic rings. The maximum absolute atomic E-state index is 12.5. The highest BCUT2D eigenvalue weighted by Crippen LogP contribution is 2.32. The lowest BCUT2D eigenvalue weighted by Crippen LogP contribution is -2.07. The molecule has 0 saturated carbocycles. The molecule has 0 atom stereocenters. The van der Waals surface area contributed by atoms with Crippen LogP contribution in [0.1, 0.15) is 34.2 Å². The molecule has 3 rings (SSSR count). The zero-order valence-corrected chi connectivity index (χ0v) is 16.9. The monoisotopic (exact) mass is 390 g/mol. The second-order valence-electron chi connectivity index (χ2n) is 6.16. The summed E-state index contributed by atoms with van der Waals surface area (Å²) in [6.45, 7) is 3.77. The predicted molar refractivity (Wildman–Crippen MR) is 110 cm³/mol. The lowest BCUT2D eigenvalue weighted by Gasteiger charge is -2.03. The van der Waals surface area contributed by atoms with E-state index >= 15 is 0 Å². The molecule has 5 nitrogen and oxygen atoms in total. The van der Waals surface area contributed by atoms with Gasteiger partial charge in [0.25, 0.3) is 0 Å². The molecule has 1 heterocycles. The van der Waals surface area contributed by atoms with Gasteiger partial charge < -0.3 is 18.6 Å². The van der Waals surface area contributed by atoms with Crippen molar-refractivity contribution in [1.29, 1.82) is 0 Å². The fraction of sp³-hybridized carbons (Fsp3) is 0.208. The van der Waals surface area contributed by atoms with Crippen molar-refractivity contribution in [3.05, 3.63) is 71.0 Å². The van der Waals surface area contributed by atoms with Crippen molar-refractivity contribution >= 4 is 5.97 Å². The smallest absolute Gasteiger partial charge is 0.343 e. The molecule has 0 aliphatic carbocycles. The maximum Gasteiger partial charge on any atom is 0.343 e. The lowest BCUT2D eigenvalue weighted by atomic mass is 10.0. The fourth-order valence-electron chi connectivity index (χ4n) is 2.87. The second kappa shape index (κ2) is 9.03. The molecule has 0 radical (unpaired) electrons. The van der Waals surface area contributed by atoms with Crippen LogP contribution >= 0.6 is 0 Å². The molecule has 0 bridgehead atoms. The highest BCUT2D eigenvalue weighted by molar-refractivity contribution is 5.96. The predicted octanol–water partition coefficient (Wildman–Crippen LogP) is 4.85. The lowest BCUT2D eigenvalue weighted by molar-refractivity contribution is 0.0524. The van der Waals surface area contributed by atoms with Crippen molar-refractivity contribution in [3.63, 3.8) is 0 Å². The Balaban J connectivity index is 2.10. The number of furan rings is 1. The molecule has 0 amide bonds. The number of carbonyl (C=O) groups is 1. The summed E-state index contributed by atoms with van der Waals surface area (Å²) in [5, 5.41) is 0. The average Bonchev–Trinajstić information content (AvgIpc) is 3.09. The van der Waals surface area contributed by atoms with E-state index in [1.807, 2.05) is 48.5 Å². The van der Waals surface area contributed by atoms with Crippen LogP contribution < -0.4 is 9.47 Å². The van der Waals surface area contributed by atoms with Gasteiger partial charge in [0.15, 0.2) is 5.76 Å². The molecule has 0 spiro atoms. The third-order valence-electron chi connectivity index (χ3n) is 4.34. The summed E-state index contributed by atoms with van der Waals surface area (Å²) >= 11 is 0. The molecular formula is C24H22O5. The summed E-state index contributed by atoms with van der Waals surface area (Å²) in [6, 6.07) is 14.8. The van der Waals surface area contributed by atoms with E-state index in [4.69, 9.17) is 18.6 Å². The number of rotatable bonds is 5. The molecule has 0 unspecified atom stereocenters. The van der Waals surface area contributed by atoms with Gasteiger partial charge in [-0.25, -0.2) is 4.79 Å². The summed E-state index contributed by atoms with van der Waals surface area (Å²) in [4.78, 5) is 12.5. The van der Waals surface area contributed by atoms with Crippen molar-refractivity contribution in [2.45, 2.75) is 13.8 Å². The highest BCUT2D eigenvalue weighted by atomic mass is 16.5. The Labute approximate surface area is 170 Å². The molecule has 5 heteroatoms. The minimum Gasteiger partial charge on any atom is -0.497 e. The second-order valence-corrected chi connectivity index (χ2v) is 6.16. The van der Waals surface area contributed by atoms with Gasteiger partial charge in [0.2, 0.25) is 0 Å². The first kappa shape index (κ1) is 20.1. The van der Waals surface area contributed by atoms with Crippen LogP contribution in [-0.4, -0.2) is 26.8 Å². The topological polar surface area (TPSA) is 57.9 Å². The van der Waals surface area contributed by atoms with Gasteiger partial charge in [0.05, 0.1) is 26.4 Å². The number of esters is 1. The van der Waals surface area contributed by atoms with E-state index in [0.717, 1.165) is 22.6 Å². The average molecular weight is 390 g/mol. The van der Waals surface area contributed by atoms with Crippen LogP contribution in [0, 0.1) is 18.8 Å². The Kier molecular flexibility index (Phi) is 6.25. The number of benzene rings is 2. The normalized spacial score (nSPS) is 10.1. The van der Waals surface area contributed by atoms with Gasteiger partial charge in [-0.05, 0) is 62.4 Å². The number of ether oxygens (including phenoxy) is 3. The molecule has 0 aliphatic heterocycles. The van der Waals surface area contributed by atoms with Crippen LogP contribution in [-0.2, 0) is 4.74 Å². The molecule has 29 heavy (non-hydrogen) atoms. The quantitative estimate of drug-likeness (QED) is 0.460. The van der Waals surface area contributed by atoms with Crippen molar-refractivity contribution in [1.82, 2.24) is 0 Å². The van der Waals surface area contributed by atoms with Crippen molar-refractivity contribution in [2.75, 3.05) is 20.8 Å². The van der Waals surface area contributed by atoms with Gasteiger partial charge in [0.1, 0.15) is 22.8 Å². The molecule has 0 saturated heterocycles. The first-order valence-corrected chi connectivity index (χ1v) is 9.18. The van der Waals surface area contributed by atoms with Crippen LogP contribution in [0.5, 0.6) is 11.5 Å². The summed E-state index contributed by atoms with van der Waals surface area (Å²) in [6.07, 6.45) is 0. The summed E-state index contributed by atoms with van der Waals surface area (Å²) in [7, 11) is 3.22. The van der Waals surface area contributed by atoms with E-state index in [-0.39, 0.29) is 6.61 Å². The molecule has 3 aromatic rings. The van der Waals surface area contributed by atoms with Crippen molar-refractivity contribution in [3.8, 4) is 34.7 Å². The number of hydrogen-bond acceptors (Lipinski definition) is 5. The summed E-state index contributed by atoms with van der Waals surface area (Å²) in [5.74, 6) is 8.22. The molecule has 148 valence electrons. The minimum absolute atomic E-state index is 0.271. The van der Waals surface area contributed by atoms with E-state index < -0.39 is 5.97 Å². The number of methoxy groups -OCH3 is 2. The fourth-order valence-corrected chi connectivity index (χ4v) is 2.87. The largest absolute Gasteiger partial charge is 0.497 e. The zero-order valence-electron chi connectivity index (χ0n) is 16.9. The van der Waals surface area contributed by atoms with Crippen molar-refractivity contribution < 1.29 is 23.4 Å². The van der Waals surface area contributed by atoms with E-state index in [1.54, 1.807) is 28.1 Å². The van der Waals surface area contributed by atoms with E-state index in [1.165, 1.54) is 0 Å². The Morgan fingerprint density at radius 1 is 0.931 bits per heavy atom. The maximum atomic E-state index is 12.5. The highest BCUT2D eigenvalue weighted by Gasteiger charge is 2.24. The van der Waals surface area contributed by atoms with Gasteiger partial charge in [-0.15, -0.1) is 0 Å². The molecular weight excluding hydrogens is 368 g/mol. The van der Waals surface area contributed by atoms with Gasteiger partial charge >= 0.3 is 5.97 Å². The van der Waals surface area contributed by atoms with E-state index in [2.05, 4.69) is 11.8 Å². The third kappa shape index (κ3) is 4.44. The Bertz CT molecular complexity index is 1050. The third-order valence-corrected chi connectivity index (χ3v) is 4.34. The molecule has 1 aromatic heterocycles. The Morgan fingerprint density at radius 2 is 1.52 bits per heavy atom. The standard InChI is InChI=1S/C24H22O5/c1-5-28-24(25)22-16(2)29-23(18-9-13-20(27-4)14-10-18)21(22)15-8-17-6-11-19(26-3)12-7-17/h6-7,9-14H,5H2,1-4H3. The zero-order chi connectivity index (χ0) is 20.8. The summed E-state index contributed by atoms with van der Waals surface area (Å²) < 4.78 is 21.5. The van der Waals surface area contributed by atoms with Crippen LogP contribution in [0.2, 0.25) is 0 Å². The minimum atomic E-state index is -0.451. The molecule has 0 N–H and O–H groups in total. The van der Waals surface area contributed by atoms with E-state index in [9.17, 15) is 4.79 Å². The Hall–Kier alpha value is -3.65. The summed E-state index contributed by atoms with van der Waals surface area (Å²) in [5.41, 5.74) is 2.43. The van der Waals surface area contributed by atoms with Crippen molar-refractivity contribution in [2.24, 2.45) is 0 Å². The van der Waals surface area contributed by atoms with Crippen LogP contribution in [0.25, 0.3) is 11.3 Å². The SMILES string of the molecule is CCOC(=O)c1c(C)oc(-c2ccc(OC)cc2)c1C#Cc1ccc(OC)cc1. The Morgan fingerprint density at radius 3 is 2.07 bits per heavy atom. The number of aryl methyl sites for hydroxylation is 1. The van der Waals surface area contributed by atoms with Crippen LogP contribution in [0.3, 0.4) is 0 Å².